The van der Waals surface area contributed by atoms with Crippen LogP contribution in [-0.2, 0) is 0 Å². The molecule has 0 radical (unpaired) electrons. The first-order valence-electron chi connectivity index (χ1n) is 5.57. The molecule has 0 heterocycles. The van der Waals surface area contributed by atoms with Gasteiger partial charge in [0, 0.05) is 11.6 Å². The molecular formula is C14H13ClFNO. The number of hydrogen-bond donors (Lipinski definition) is 1. The highest BCUT2D eigenvalue weighted by atomic mass is 35.5. The van der Waals surface area contributed by atoms with Crippen LogP contribution in [0.5, 0.6) is 5.75 Å². The summed E-state index contributed by atoms with van der Waals surface area (Å²) in [7, 11) is 0. The van der Waals surface area contributed by atoms with Crippen LogP contribution in [0.3, 0.4) is 0 Å². The number of benzene rings is 2. The Morgan fingerprint density at radius 1 is 1.17 bits per heavy atom. The molecule has 0 spiro atoms. The van der Waals surface area contributed by atoms with Crippen molar-refractivity contribution in [2.75, 3.05) is 6.54 Å². The lowest BCUT2D eigenvalue weighted by Crippen LogP contribution is -2.18. The van der Waals surface area contributed by atoms with Crippen LogP contribution >= 0.6 is 11.6 Å². The average Bonchev–Trinajstić information content (AvgIpc) is 2.37. The molecule has 2 aromatic carbocycles. The molecule has 0 bridgehead atoms. The molecule has 0 fully saturated rings. The van der Waals surface area contributed by atoms with Gasteiger partial charge in [-0.25, -0.2) is 4.39 Å². The van der Waals surface area contributed by atoms with Gasteiger partial charge in [0.1, 0.15) is 17.7 Å². The molecule has 2 rings (SSSR count). The number of ether oxygens (including phenoxy) is 1. The topological polar surface area (TPSA) is 35.2 Å². The van der Waals surface area contributed by atoms with E-state index >= 15 is 0 Å². The molecule has 1 atom stereocenters. The van der Waals surface area contributed by atoms with Crippen LogP contribution in [0.25, 0.3) is 0 Å². The smallest absolute Gasteiger partial charge is 0.136 e. The van der Waals surface area contributed by atoms with Crippen LogP contribution in [-0.4, -0.2) is 6.54 Å². The minimum absolute atomic E-state index is 0.280. The van der Waals surface area contributed by atoms with Crippen molar-refractivity contribution in [3.8, 4) is 5.75 Å². The van der Waals surface area contributed by atoms with Gasteiger partial charge >= 0.3 is 0 Å². The molecule has 0 saturated carbocycles. The Labute approximate surface area is 110 Å². The van der Waals surface area contributed by atoms with Gasteiger partial charge in [0.25, 0.3) is 0 Å². The van der Waals surface area contributed by atoms with Crippen molar-refractivity contribution in [2.45, 2.75) is 6.10 Å². The van der Waals surface area contributed by atoms with Crippen molar-refractivity contribution in [3.63, 3.8) is 0 Å². The summed E-state index contributed by atoms with van der Waals surface area (Å²) in [5, 5.41) is 0.599. The first-order valence-corrected chi connectivity index (χ1v) is 5.94. The largest absolute Gasteiger partial charge is 0.484 e. The second-order valence-electron chi connectivity index (χ2n) is 3.85. The van der Waals surface area contributed by atoms with Gasteiger partial charge in [0.15, 0.2) is 0 Å². The summed E-state index contributed by atoms with van der Waals surface area (Å²) in [6, 6.07) is 13.2. The Bertz CT molecular complexity index is 515. The van der Waals surface area contributed by atoms with Crippen molar-refractivity contribution < 1.29 is 9.13 Å². The third-order valence-electron chi connectivity index (χ3n) is 2.53. The minimum atomic E-state index is -0.316. The Morgan fingerprint density at radius 3 is 2.50 bits per heavy atom. The van der Waals surface area contributed by atoms with E-state index in [2.05, 4.69) is 0 Å². The van der Waals surface area contributed by atoms with Crippen LogP contribution in [0, 0.1) is 5.82 Å². The molecular weight excluding hydrogens is 253 g/mol. The number of halogens is 2. The van der Waals surface area contributed by atoms with Crippen molar-refractivity contribution in [1.82, 2.24) is 0 Å². The summed E-state index contributed by atoms with van der Waals surface area (Å²) >= 11 is 5.88. The maximum Gasteiger partial charge on any atom is 0.136 e. The maximum atomic E-state index is 12.8. The molecule has 0 aliphatic rings. The summed E-state index contributed by atoms with van der Waals surface area (Å²) in [6.07, 6.45) is -0.316. The molecule has 0 saturated heterocycles. The Hall–Kier alpha value is -1.58. The molecule has 0 amide bonds. The third-order valence-corrected chi connectivity index (χ3v) is 2.77. The van der Waals surface area contributed by atoms with Crippen LogP contribution < -0.4 is 10.5 Å². The lowest BCUT2D eigenvalue weighted by molar-refractivity contribution is 0.214. The lowest BCUT2D eigenvalue weighted by atomic mass is 10.1. The normalized spacial score (nSPS) is 12.2. The third kappa shape index (κ3) is 3.22. The van der Waals surface area contributed by atoms with Crippen molar-refractivity contribution in [3.05, 3.63) is 64.9 Å². The summed E-state index contributed by atoms with van der Waals surface area (Å²) in [5.41, 5.74) is 6.51. The van der Waals surface area contributed by atoms with Crippen LogP contribution in [0.15, 0.2) is 48.5 Å². The molecule has 0 aromatic heterocycles. The zero-order valence-corrected chi connectivity index (χ0v) is 10.4. The van der Waals surface area contributed by atoms with Crippen LogP contribution in [0.4, 0.5) is 4.39 Å². The second-order valence-corrected chi connectivity index (χ2v) is 4.29. The fraction of sp³-hybridized carbons (Fsp3) is 0.143. The zero-order valence-electron chi connectivity index (χ0n) is 9.64. The minimum Gasteiger partial charge on any atom is -0.484 e. The van der Waals surface area contributed by atoms with Crippen molar-refractivity contribution in [2.24, 2.45) is 5.73 Å². The molecule has 1 unspecified atom stereocenters. The van der Waals surface area contributed by atoms with E-state index in [-0.39, 0.29) is 11.9 Å². The predicted octanol–water partition coefficient (Wildman–Crippen LogP) is 3.56. The van der Waals surface area contributed by atoms with Gasteiger partial charge in [-0.2, -0.15) is 0 Å². The van der Waals surface area contributed by atoms with E-state index in [1.807, 2.05) is 0 Å². The first kappa shape index (κ1) is 12.9. The molecule has 2 aromatic rings. The van der Waals surface area contributed by atoms with Crippen molar-refractivity contribution >= 4 is 11.6 Å². The molecule has 2 nitrogen and oxygen atoms in total. The van der Waals surface area contributed by atoms with E-state index in [0.29, 0.717) is 17.3 Å². The van der Waals surface area contributed by atoms with Gasteiger partial charge in [-0.05, 0) is 35.9 Å². The van der Waals surface area contributed by atoms with Gasteiger partial charge in [0.05, 0.1) is 0 Å². The van der Waals surface area contributed by atoms with E-state index in [9.17, 15) is 4.39 Å². The maximum absolute atomic E-state index is 12.8. The molecule has 4 heteroatoms. The molecule has 18 heavy (non-hydrogen) atoms. The first-order chi connectivity index (χ1) is 8.69. The molecule has 0 aliphatic carbocycles. The fourth-order valence-corrected chi connectivity index (χ4v) is 1.81. The SMILES string of the molecule is NCC(Oc1cccc(Cl)c1)c1ccc(F)cc1. The van der Waals surface area contributed by atoms with E-state index < -0.39 is 0 Å². The van der Waals surface area contributed by atoms with Gasteiger partial charge in [-0.1, -0.05) is 29.8 Å². The number of nitrogens with two attached hydrogens (primary N) is 1. The second kappa shape index (κ2) is 5.85. The highest BCUT2D eigenvalue weighted by molar-refractivity contribution is 6.30. The van der Waals surface area contributed by atoms with E-state index in [4.69, 9.17) is 22.1 Å². The van der Waals surface area contributed by atoms with Crippen LogP contribution in [0.2, 0.25) is 5.02 Å². The van der Waals surface area contributed by atoms with Gasteiger partial charge in [-0.15, -0.1) is 0 Å². The van der Waals surface area contributed by atoms with Crippen molar-refractivity contribution in [1.29, 1.82) is 0 Å². The predicted molar refractivity (Wildman–Crippen MR) is 70.3 cm³/mol. The Morgan fingerprint density at radius 2 is 1.89 bits per heavy atom. The van der Waals surface area contributed by atoms with E-state index in [1.54, 1.807) is 36.4 Å². The number of rotatable bonds is 4. The standard InChI is InChI=1S/C14H13ClFNO/c15-11-2-1-3-13(8-11)18-14(9-17)10-4-6-12(16)7-5-10/h1-8,14H,9,17H2. The zero-order chi connectivity index (χ0) is 13.0. The lowest BCUT2D eigenvalue weighted by Gasteiger charge is -2.18. The molecule has 2 N–H and O–H groups in total. The summed E-state index contributed by atoms with van der Waals surface area (Å²) in [5.74, 6) is 0.361. The van der Waals surface area contributed by atoms with Crippen LogP contribution in [0.1, 0.15) is 11.7 Å². The quantitative estimate of drug-likeness (QED) is 0.917. The van der Waals surface area contributed by atoms with E-state index in [1.165, 1.54) is 12.1 Å². The Balaban J connectivity index is 2.17. The number of hydrogen-bond acceptors (Lipinski definition) is 2. The highest BCUT2D eigenvalue weighted by Gasteiger charge is 2.11. The van der Waals surface area contributed by atoms with E-state index in [0.717, 1.165) is 5.56 Å². The Kier molecular flexibility index (Phi) is 4.18. The molecule has 0 aliphatic heterocycles. The van der Waals surface area contributed by atoms with Gasteiger partial charge in [0.2, 0.25) is 0 Å². The average molecular weight is 266 g/mol. The van der Waals surface area contributed by atoms with Gasteiger partial charge < -0.3 is 10.5 Å². The fourth-order valence-electron chi connectivity index (χ4n) is 1.63. The summed E-state index contributed by atoms with van der Waals surface area (Å²) in [6.45, 7) is 0.304. The highest BCUT2D eigenvalue weighted by Crippen LogP contribution is 2.24. The summed E-state index contributed by atoms with van der Waals surface area (Å²) < 4.78 is 18.6. The monoisotopic (exact) mass is 265 g/mol. The summed E-state index contributed by atoms with van der Waals surface area (Å²) in [4.78, 5) is 0. The van der Waals surface area contributed by atoms with Gasteiger partial charge in [-0.3, -0.25) is 0 Å². The molecule has 94 valence electrons.